The van der Waals surface area contributed by atoms with Crippen molar-refractivity contribution < 1.29 is 4.74 Å². The zero-order valence-electron chi connectivity index (χ0n) is 11.9. The van der Waals surface area contributed by atoms with Gasteiger partial charge in [0.25, 0.3) is 0 Å². The molecule has 114 valence electrons. The zero-order chi connectivity index (χ0) is 14.9. The molecule has 3 rings (SSSR count). The molecule has 0 saturated carbocycles. The van der Waals surface area contributed by atoms with Crippen LogP contribution in [0.15, 0.2) is 11.2 Å². The van der Waals surface area contributed by atoms with E-state index in [9.17, 15) is 0 Å². The second-order valence-electron chi connectivity index (χ2n) is 5.40. The standard InChI is InChI=1S/C14H19ClN4OS/c1-17-19-8-10(16)11-7-14(3-4-18-11)13-9(2-5-20-14)6-12(15)21-13/h6,8,11,16-18H,2-5,7H2,1H3/b16-10?,19-8-. The molecule has 1 spiro atoms. The monoisotopic (exact) mass is 326 g/mol. The van der Waals surface area contributed by atoms with E-state index in [-0.39, 0.29) is 11.6 Å². The molecule has 1 fully saturated rings. The fraction of sp³-hybridized carbons (Fsp3) is 0.571. The van der Waals surface area contributed by atoms with Gasteiger partial charge >= 0.3 is 0 Å². The summed E-state index contributed by atoms with van der Waals surface area (Å²) in [5.74, 6) is 0. The maximum absolute atomic E-state index is 8.15. The van der Waals surface area contributed by atoms with Crippen LogP contribution in [0.4, 0.5) is 0 Å². The lowest BCUT2D eigenvalue weighted by atomic mass is 9.81. The topological polar surface area (TPSA) is 69.5 Å². The van der Waals surface area contributed by atoms with Crippen molar-refractivity contribution >= 4 is 34.9 Å². The summed E-state index contributed by atoms with van der Waals surface area (Å²) in [4.78, 5) is 1.25. The predicted octanol–water partition coefficient (Wildman–Crippen LogP) is 2.15. The average Bonchev–Trinajstić information content (AvgIpc) is 2.87. The normalized spacial score (nSPS) is 28.8. The Morgan fingerprint density at radius 2 is 2.57 bits per heavy atom. The summed E-state index contributed by atoms with van der Waals surface area (Å²) in [7, 11) is 1.73. The van der Waals surface area contributed by atoms with Gasteiger partial charge in [0.05, 0.1) is 28.9 Å². The minimum Gasteiger partial charge on any atom is -0.369 e. The predicted molar refractivity (Wildman–Crippen MR) is 87.0 cm³/mol. The molecule has 3 heterocycles. The largest absolute Gasteiger partial charge is 0.369 e. The molecule has 1 aromatic heterocycles. The van der Waals surface area contributed by atoms with E-state index in [4.69, 9.17) is 21.7 Å². The molecule has 2 aliphatic heterocycles. The van der Waals surface area contributed by atoms with E-state index in [2.05, 4.69) is 21.9 Å². The molecular weight excluding hydrogens is 308 g/mol. The highest BCUT2D eigenvalue weighted by Crippen LogP contribution is 2.46. The molecule has 2 atom stereocenters. The first-order valence-corrected chi connectivity index (χ1v) is 8.28. The maximum atomic E-state index is 8.15. The third kappa shape index (κ3) is 2.85. The smallest absolute Gasteiger partial charge is 0.106 e. The van der Waals surface area contributed by atoms with Crippen LogP contribution >= 0.6 is 22.9 Å². The van der Waals surface area contributed by atoms with Gasteiger partial charge in [-0.2, -0.15) is 5.10 Å². The molecular formula is C14H19ClN4OS. The van der Waals surface area contributed by atoms with Gasteiger partial charge in [0.2, 0.25) is 0 Å². The molecule has 3 N–H and O–H groups in total. The Bertz CT molecular complexity index is 573. The third-order valence-corrected chi connectivity index (χ3v) is 5.60. The Balaban J connectivity index is 1.85. The fourth-order valence-electron chi connectivity index (χ4n) is 3.12. The summed E-state index contributed by atoms with van der Waals surface area (Å²) < 4.78 is 7.01. The number of rotatable bonds is 3. The molecule has 7 heteroatoms. The molecule has 21 heavy (non-hydrogen) atoms. The molecule has 0 aromatic carbocycles. The van der Waals surface area contributed by atoms with Gasteiger partial charge < -0.3 is 20.9 Å². The highest BCUT2D eigenvalue weighted by atomic mass is 35.5. The second kappa shape index (κ2) is 6.04. The summed E-state index contributed by atoms with van der Waals surface area (Å²) in [5.41, 5.74) is 4.18. The van der Waals surface area contributed by atoms with E-state index in [0.717, 1.165) is 36.8 Å². The van der Waals surface area contributed by atoms with Crippen LogP contribution in [0.1, 0.15) is 23.3 Å². The first-order valence-electron chi connectivity index (χ1n) is 7.09. The number of halogens is 1. The Hall–Kier alpha value is -0.950. The van der Waals surface area contributed by atoms with E-state index in [1.54, 1.807) is 24.6 Å². The first-order chi connectivity index (χ1) is 10.1. The number of hydrazone groups is 1. The quantitative estimate of drug-likeness (QED) is 0.589. The lowest BCUT2D eigenvalue weighted by molar-refractivity contribution is -0.0812. The van der Waals surface area contributed by atoms with Crippen molar-refractivity contribution in [1.82, 2.24) is 10.7 Å². The van der Waals surface area contributed by atoms with Gasteiger partial charge in [-0.25, -0.2) is 0 Å². The summed E-state index contributed by atoms with van der Waals surface area (Å²) in [5, 5.41) is 15.5. The van der Waals surface area contributed by atoms with E-state index in [1.165, 1.54) is 10.4 Å². The summed E-state index contributed by atoms with van der Waals surface area (Å²) in [6, 6.07) is 2.03. The van der Waals surface area contributed by atoms with Crippen molar-refractivity contribution in [3.63, 3.8) is 0 Å². The molecule has 5 nitrogen and oxygen atoms in total. The fourth-order valence-corrected chi connectivity index (χ4v) is 4.60. The van der Waals surface area contributed by atoms with E-state index >= 15 is 0 Å². The lowest BCUT2D eigenvalue weighted by Crippen LogP contribution is -2.52. The summed E-state index contributed by atoms with van der Waals surface area (Å²) in [6.45, 7) is 1.56. The highest BCUT2D eigenvalue weighted by molar-refractivity contribution is 7.16. The average molecular weight is 327 g/mol. The van der Waals surface area contributed by atoms with Gasteiger partial charge in [0, 0.05) is 18.3 Å². The maximum Gasteiger partial charge on any atom is 0.106 e. The van der Waals surface area contributed by atoms with E-state index in [1.807, 2.05) is 0 Å². The van der Waals surface area contributed by atoms with Crippen molar-refractivity contribution in [3.8, 4) is 0 Å². The Morgan fingerprint density at radius 1 is 1.71 bits per heavy atom. The Kier molecular flexibility index (Phi) is 4.31. The van der Waals surface area contributed by atoms with Crippen LogP contribution in [0.3, 0.4) is 0 Å². The van der Waals surface area contributed by atoms with Crippen LogP contribution in [-0.4, -0.2) is 38.2 Å². The SMILES string of the molecule is CN/N=C\C(=N)C1CC2(CCN1)OCCc1cc(Cl)sc12. The summed E-state index contributed by atoms with van der Waals surface area (Å²) in [6.07, 6.45) is 4.16. The number of fused-ring (bicyclic) bond motifs is 2. The van der Waals surface area contributed by atoms with Crippen molar-refractivity contribution in [2.24, 2.45) is 5.10 Å². The van der Waals surface area contributed by atoms with Gasteiger partial charge in [-0.15, -0.1) is 11.3 Å². The van der Waals surface area contributed by atoms with Gasteiger partial charge in [-0.3, -0.25) is 0 Å². The first kappa shape index (κ1) is 15.0. The van der Waals surface area contributed by atoms with E-state index in [0.29, 0.717) is 5.71 Å². The Labute approximate surface area is 133 Å². The molecule has 1 saturated heterocycles. The molecule has 0 radical (unpaired) electrons. The van der Waals surface area contributed by atoms with Gasteiger partial charge in [-0.1, -0.05) is 11.6 Å². The molecule has 2 unspecified atom stereocenters. The molecule has 1 aromatic rings. The molecule has 0 amide bonds. The molecule has 0 aliphatic carbocycles. The minimum atomic E-state index is -0.291. The van der Waals surface area contributed by atoms with Gasteiger partial charge in [0.1, 0.15) is 5.60 Å². The van der Waals surface area contributed by atoms with Crippen LogP contribution in [0.25, 0.3) is 0 Å². The van der Waals surface area contributed by atoms with Crippen LogP contribution in [-0.2, 0) is 16.8 Å². The van der Waals surface area contributed by atoms with Crippen molar-refractivity contribution in [2.75, 3.05) is 20.2 Å². The highest BCUT2D eigenvalue weighted by Gasteiger charge is 2.44. The minimum absolute atomic E-state index is 0.0392. The van der Waals surface area contributed by atoms with Crippen molar-refractivity contribution in [2.45, 2.75) is 30.9 Å². The van der Waals surface area contributed by atoms with E-state index < -0.39 is 0 Å². The van der Waals surface area contributed by atoms with Crippen LogP contribution in [0.5, 0.6) is 0 Å². The second-order valence-corrected chi connectivity index (χ2v) is 7.08. The number of hydrogen-bond acceptors (Lipinski definition) is 6. The number of piperidine rings is 1. The molecule has 2 aliphatic rings. The number of nitrogens with one attached hydrogen (secondary N) is 3. The summed E-state index contributed by atoms with van der Waals surface area (Å²) >= 11 is 7.82. The number of hydrogen-bond donors (Lipinski definition) is 3. The zero-order valence-corrected chi connectivity index (χ0v) is 13.5. The Morgan fingerprint density at radius 3 is 3.38 bits per heavy atom. The third-order valence-electron chi connectivity index (χ3n) is 4.10. The number of thiophene rings is 1. The number of nitrogens with zero attached hydrogens (tertiary/aromatic N) is 1. The van der Waals surface area contributed by atoms with Crippen molar-refractivity contribution in [3.05, 3.63) is 20.8 Å². The van der Waals surface area contributed by atoms with Crippen molar-refractivity contribution in [1.29, 1.82) is 5.41 Å². The van der Waals surface area contributed by atoms with Crippen LogP contribution in [0, 0.1) is 5.41 Å². The van der Waals surface area contributed by atoms with Gasteiger partial charge in [-0.05, 0) is 31.0 Å². The lowest BCUT2D eigenvalue weighted by Gasteiger charge is -2.43. The molecule has 0 bridgehead atoms. The van der Waals surface area contributed by atoms with Crippen LogP contribution < -0.4 is 10.7 Å². The van der Waals surface area contributed by atoms with Crippen LogP contribution in [0.2, 0.25) is 4.34 Å². The van der Waals surface area contributed by atoms with Gasteiger partial charge in [0.15, 0.2) is 0 Å². The number of ether oxygens (including phenoxy) is 1.